The number of hydrogen-bond acceptors (Lipinski definition) is 8. The second kappa shape index (κ2) is 9.66. The molecule has 12 nitrogen and oxygen atoms in total. The second-order valence-corrected chi connectivity index (χ2v) is 8.64. The summed E-state index contributed by atoms with van der Waals surface area (Å²) >= 11 is 0. The molecule has 1 N–H and O–H groups in total. The summed E-state index contributed by atoms with van der Waals surface area (Å²) in [6.07, 6.45) is 1.96. The van der Waals surface area contributed by atoms with Crippen LogP contribution in [-0.2, 0) is 20.1 Å². The van der Waals surface area contributed by atoms with Crippen LogP contribution < -0.4 is 21.5 Å². The van der Waals surface area contributed by atoms with Gasteiger partial charge in [-0.05, 0) is 19.9 Å². The molecular weight excluding hydrogens is 454 g/mol. The van der Waals surface area contributed by atoms with Crippen LogP contribution in [0.15, 0.2) is 45.5 Å². The third kappa shape index (κ3) is 4.52. The minimum Gasteiger partial charge on any atom is -0.340 e. The van der Waals surface area contributed by atoms with Crippen LogP contribution in [0.5, 0.6) is 0 Å². The zero-order chi connectivity index (χ0) is 25.3. The van der Waals surface area contributed by atoms with Gasteiger partial charge in [0, 0.05) is 45.8 Å². The smallest absolute Gasteiger partial charge is 0.332 e. The van der Waals surface area contributed by atoms with E-state index in [4.69, 9.17) is 0 Å². The standard InChI is InChI=1S/C23H27N7O5/c1-15(2)8-11-28-19-20(25-22(28)27-12-9-24-10-13-27)26(3)23(33)29(21(19)32)14-18(31)16-6-4-5-7-17(16)30(34)35/h4-8,24H,9-14H2,1-3H3. The highest BCUT2D eigenvalue weighted by Crippen LogP contribution is 2.21. The number of nitro benzene ring substituents is 1. The topological polar surface area (TPSA) is 137 Å². The number of nitrogens with zero attached hydrogens (tertiary/aromatic N) is 6. The van der Waals surface area contributed by atoms with E-state index in [9.17, 15) is 24.5 Å². The van der Waals surface area contributed by atoms with E-state index < -0.39 is 28.5 Å². The number of piperazine rings is 1. The van der Waals surface area contributed by atoms with Gasteiger partial charge in [-0.2, -0.15) is 4.98 Å². The summed E-state index contributed by atoms with van der Waals surface area (Å²) in [5, 5.41) is 14.6. The molecule has 4 rings (SSSR count). The lowest BCUT2D eigenvalue weighted by Crippen LogP contribution is -2.44. The Bertz CT molecular complexity index is 1450. The Morgan fingerprint density at radius 2 is 1.86 bits per heavy atom. The molecule has 35 heavy (non-hydrogen) atoms. The van der Waals surface area contributed by atoms with Crippen LogP contribution in [0.2, 0.25) is 0 Å². The highest BCUT2D eigenvalue weighted by Gasteiger charge is 2.26. The van der Waals surface area contributed by atoms with E-state index in [-0.39, 0.29) is 22.4 Å². The van der Waals surface area contributed by atoms with Crippen LogP contribution >= 0.6 is 0 Å². The lowest BCUT2D eigenvalue weighted by atomic mass is 10.1. The first-order valence-electron chi connectivity index (χ1n) is 11.3. The molecule has 1 aliphatic rings. The maximum absolute atomic E-state index is 13.6. The van der Waals surface area contributed by atoms with Crippen molar-refractivity contribution >= 4 is 28.6 Å². The van der Waals surface area contributed by atoms with Crippen molar-refractivity contribution in [2.75, 3.05) is 31.1 Å². The highest BCUT2D eigenvalue weighted by atomic mass is 16.6. The van der Waals surface area contributed by atoms with Gasteiger partial charge in [0.1, 0.15) is 0 Å². The fraction of sp³-hybridized carbons (Fsp3) is 0.391. The van der Waals surface area contributed by atoms with Gasteiger partial charge in [0.2, 0.25) is 5.95 Å². The number of imidazole rings is 1. The number of nitro groups is 1. The summed E-state index contributed by atoms with van der Waals surface area (Å²) in [6, 6.07) is 5.48. The molecule has 0 aliphatic carbocycles. The maximum atomic E-state index is 13.6. The minimum absolute atomic E-state index is 0.161. The molecule has 1 aromatic carbocycles. The van der Waals surface area contributed by atoms with Crippen molar-refractivity contribution in [2.45, 2.75) is 26.9 Å². The first-order chi connectivity index (χ1) is 16.7. The molecule has 0 saturated carbocycles. The Labute approximate surface area is 200 Å². The summed E-state index contributed by atoms with van der Waals surface area (Å²) in [4.78, 5) is 57.1. The number of aromatic nitrogens is 4. The fourth-order valence-corrected chi connectivity index (χ4v) is 4.15. The van der Waals surface area contributed by atoms with Crippen molar-refractivity contribution in [3.05, 3.63) is 72.4 Å². The van der Waals surface area contributed by atoms with Crippen LogP contribution in [-0.4, -0.2) is 55.6 Å². The maximum Gasteiger partial charge on any atom is 0.332 e. The zero-order valence-corrected chi connectivity index (χ0v) is 19.9. The third-order valence-corrected chi connectivity index (χ3v) is 6.00. The molecule has 3 heterocycles. The summed E-state index contributed by atoms with van der Waals surface area (Å²) in [5.41, 5.74) is -0.434. The Kier molecular flexibility index (Phi) is 6.65. The number of anilines is 1. The van der Waals surface area contributed by atoms with Crippen molar-refractivity contribution in [3.8, 4) is 0 Å². The van der Waals surface area contributed by atoms with Crippen LogP contribution in [0.3, 0.4) is 0 Å². The Morgan fingerprint density at radius 3 is 2.51 bits per heavy atom. The molecule has 0 radical (unpaired) electrons. The molecule has 12 heteroatoms. The molecule has 0 spiro atoms. The van der Waals surface area contributed by atoms with Crippen LogP contribution in [0.4, 0.5) is 11.6 Å². The molecule has 2 aromatic heterocycles. The van der Waals surface area contributed by atoms with Gasteiger partial charge in [-0.1, -0.05) is 23.8 Å². The number of ketones is 1. The number of para-hydroxylation sites is 1. The van der Waals surface area contributed by atoms with Crippen LogP contribution in [0.25, 0.3) is 11.2 Å². The fourth-order valence-electron chi connectivity index (χ4n) is 4.15. The number of nitrogens with one attached hydrogen (secondary N) is 1. The van der Waals surface area contributed by atoms with E-state index >= 15 is 0 Å². The average Bonchev–Trinajstić information content (AvgIpc) is 3.24. The SMILES string of the molecule is CC(C)=CCn1c(N2CCNCC2)nc2c1c(=O)n(CC(=O)c1ccccc1[N+](=O)[O-])c(=O)n2C. The second-order valence-electron chi connectivity index (χ2n) is 8.64. The predicted molar refractivity (Wildman–Crippen MR) is 131 cm³/mol. The number of benzene rings is 1. The van der Waals surface area contributed by atoms with Crippen molar-refractivity contribution in [2.24, 2.45) is 7.05 Å². The third-order valence-electron chi connectivity index (χ3n) is 6.00. The molecule has 0 unspecified atom stereocenters. The molecule has 0 bridgehead atoms. The summed E-state index contributed by atoms with van der Waals surface area (Å²) < 4.78 is 3.83. The summed E-state index contributed by atoms with van der Waals surface area (Å²) in [5.74, 6) is -0.123. The van der Waals surface area contributed by atoms with E-state index in [1.807, 2.05) is 19.9 Å². The Hall–Kier alpha value is -4.06. The first kappa shape index (κ1) is 24.1. The number of carbonyl (C=O) groups excluding carboxylic acids is 1. The zero-order valence-electron chi connectivity index (χ0n) is 19.9. The van der Waals surface area contributed by atoms with Crippen molar-refractivity contribution in [1.82, 2.24) is 24.0 Å². The number of hydrogen-bond donors (Lipinski definition) is 1. The van der Waals surface area contributed by atoms with Crippen molar-refractivity contribution in [3.63, 3.8) is 0 Å². The number of Topliss-reactive ketones (excluding diaryl/α,β-unsaturated/α-hetero) is 1. The number of fused-ring (bicyclic) bond motifs is 1. The van der Waals surface area contributed by atoms with Gasteiger partial charge in [-0.25, -0.2) is 4.79 Å². The predicted octanol–water partition coefficient (Wildman–Crippen LogP) is 1.06. The van der Waals surface area contributed by atoms with Gasteiger partial charge >= 0.3 is 5.69 Å². The lowest BCUT2D eigenvalue weighted by molar-refractivity contribution is -0.385. The van der Waals surface area contributed by atoms with Gasteiger partial charge < -0.3 is 14.8 Å². The van der Waals surface area contributed by atoms with E-state index in [2.05, 4.69) is 15.2 Å². The number of aryl methyl sites for hydroxylation is 1. The number of allylic oxidation sites excluding steroid dienone is 2. The van der Waals surface area contributed by atoms with E-state index in [0.29, 0.717) is 25.6 Å². The van der Waals surface area contributed by atoms with Gasteiger partial charge in [-0.15, -0.1) is 0 Å². The highest BCUT2D eigenvalue weighted by molar-refractivity contribution is 5.99. The first-order valence-corrected chi connectivity index (χ1v) is 11.3. The minimum atomic E-state index is -0.715. The Balaban J connectivity index is 1.88. The van der Waals surface area contributed by atoms with Gasteiger partial charge in [0.15, 0.2) is 16.9 Å². The lowest BCUT2D eigenvalue weighted by Gasteiger charge is -2.28. The van der Waals surface area contributed by atoms with Crippen molar-refractivity contribution < 1.29 is 9.72 Å². The van der Waals surface area contributed by atoms with Crippen LogP contribution in [0, 0.1) is 10.1 Å². The monoisotopic (exact) mass is 481 g/mol. The largest absolute Gasteiger partial charge is 0.340 e. The molecule has 0 atom stereocenters. The molecule has 1 fully saturated rings. The van der Waals surface area contributed by atoms with Gasteiger partial charge in [0.05, 0.1) is 17.0 Å². The van der Waals surface area contributed by atoms with Crippen molar-refractivity contribution in [1.29, 1.82) is 0 Å². The van der Waals surface area contributed by atoms with Gasteiger partial charge in [-0.3, -0.25) is 28.8 Å². The molecular formula is C23H27N7O5. The summed E-state index contributed by atoms with van der Waals surface area (Å²) in [7, 11) is 1.50. The number of carbonyl (C=O) groups is 1. The molecule has 1 saturated heterocycles. The molecule has 184 valence electrons. The number of rotatable bonds is 7. The normalized spacial score (nSPS) is 13.7. The molecule has 1 aliphatic heterocycles. The summed E-state index contributed by atoms with van der Waals surface area (Å²) in [6.45, 7) is 6.55. The average molecular weight is 482 g/mol. The Morgan fingerprint density at radius 1 is 1.17 bits per heavy atom. The van der Waals surface area contributed by atoms with E-state index in [1.54, 1.807) is 4.57 Å². The quantitative estimate of drug-likeness (QED) is 0.229. The van der Waals surface area contributed by atoms with E-state index in [1.165, 1.54) is 35.9 Å². The van der Waals surface area contributed by atoms with Gasteiger partial charge in [0.25, 0.3) is 11.2 Å². The van der Waals surface area contributed by atoms with E-state index in [0.717, 1.165) is 23.2 Å². The molecule has 0 amide bonds. The van der Waals surface area contributed by atoms with Crippen LogP contribution in [0.1, 0.15) is 24.2 Å². The molecule has 3 aromatic rings.